The van der Waals surface area contributed by atoms with Crippen molar-refractivity contribution in [3.63, 3.8) is 0 Å². The fourth-order valence-corrected chi connectivity index (χ4v) is 4.25. The largest absolute Gasteiger partial charge is 0.457 e. The summed E-state index contributed by atoms with van der Waals surface area (Å²) in [6.45, 7) is 0. The summed E-state index contributed by atoms with van der Waals surface area (Å²) in [5, 5.41) is 3.48. The predicted octanol–water partition coefficient (Wildman–Crippen LogP) is 6.88. The lowest BCUT2D eigenvalue weighted by atomic mass is 10.1. The molecule has 1 N–H and O–H groups in total. The lowest BCUT2D eigenvalue weighted by Crippen LogP contribution is -2.54. The van der Waals surface area contributed by atoms with Gasteiger partial charge in [-0.2, -0.15) is 0 Å². The van der Waals surface area contributed by atoms with Crippen LogP contribution in [0, 0.1) is 0 Å². The van der Waals surface area contributed by atoms with E-state index in [1.54, 1.807) is 54.6 Å². The van der Waals surface area contributed by atoms with Crippen LogP contribution in [-0.2, 0) is 9.59 Å². The number of carbonyl (C=O) groups excluding carboxylic acids is 2. The van der Waals surface area contributed by atoms with Gasteiger partial charge < -0.3 is 9.15 Å². The molecule has 1 saturated heterocycles. The minimum absolute atomic E-state index is 0.0234. The van der Waals surface area contributed by atoms with Crippen LogP contribution in [0.3, 0.4) is 0 Å². The molecule has 0 bridgehead atoms. The second-order valence-corrected chi connectivity index (χ2v) is 8.92. The molecule has 2 heterocycles. The lowest BCUT2D eigenvalue weighted by molar-refractivity contribution is -0.122. The fraction of sp³-hybridized carbons (Fsp3) is 0. The van der Waals surface area contributed by atoms with E-state index in [0.717, 1.165) is 0 Å². The molecule has 3 aromatic carbocycles. The number of nitrogens with zero attached hydrogens (tertiary/aromatic N) is 1. The molecule has 1 aromatic heterocycles. The molecule has 9 heteroatoms. The Labute approximate surface area is 221 Å². The van der Waals surface area contributed by atoms with E-state index < -0.39 is 11.8 Å². The summed E-state index contributed by atoms with van der Waals surface area (Å²) in [6.07, 6.45) is 1.36. The quantitative estimate of drug-likeness (QED) is 0.171. The van der Waals surface area contributed by atoms with Gasteiger partial charge in [-0.15, -0.1) is 0 Å². The maximum Gasteiger partial charge on any atom is 0.270 e. The molecule has 5 rings (SSSR count). The van der Waals surface area contributed by atoms with Crippen molar-refractivity contribution in [3.8, 4) is 22.8 Å². The third kappa shape index (κ3) is 4.90. The predicted molar refractivity (Wildman–Crippen MR) is 143 cm³/mol. The number of halogens is 2. The SMILES string of the molecule is O=C1NC(=S)N(c2ccc(Oc3ccccc3)cc2)C(=O)/C1=C/c1ccc(-c2cc(Cl)ccc2Cl)o1. The Balaban J connectivity index is 1.40. The highest BCUT2D eigenvalue weighted by Crippen LogP contribution is 2.33. The molecule has 2 amide bonds. The normalized spacial score (nSPS) is 14.8. The number of nitrogens with one attached hydrogen (secondary N) is 1. The highest BCUT2D eigenvalue weighted by atomic mass is 35.5. The number of amides is 2. The zero-order valence-electron chi connectivity index (χ0n) is 18.4. The van der Waals surface area contributed by atoms with E-state index in [-0.39, 0.29) is 10.7 Å². The number of thiocarbonyl (C=S) groups is 1. The van der Waals surface area contributed by atoms with Crippen molar-refractivity contribution in [2.24, 2.45) is 0 Å². The molecule has 4 aromatic rings. The van der Waals surface area contributed by atoms with Crippen molar-refractivity contribution in [2.45, 2.75) is 0 Å². The van der Waals surface area contributed by atoms with Crippen molar-refractivity contribution in [3.05, 3.63) is 106 Å². The summed E-state index contributed by atoms with van der Waals surface area (Å²) < 4.78 is 11.6. The lowest BCUT2D eigenvalue weighted by Gasteiger charge is -2.28. The van der Waals surface area contributed by atoms with Crippen LogP contribution in [0.1, 0.15) is 5.76 Å². The number of carbonyl (C=O) groups is 2. The van der Waals surface area contributed by atoms with E-state index in [1.807, 2.05) is 30.3 Å². The highest BCUT2D eigenvalue weighted by Gasteiger charge is 2.34. The van der Waals surface area contributed by atoms with Crippen LogP contribution in [0.4, 0.5) is 5.69 Å². The standard InChI is InChI=1S/C27H16Cl2N2O4S/c28-16-6-12-23(29)21(14-16)24-13-11-20(35-24)15-22-25(32)30-27(36)31(26(22)33)17-7-9-19(10-8-17)34-18-4-2-1-3-5-18/h1-15H,(H,30,32,36)/b22-15+. The average molecular weight is 535 g/mol. The zero-order valence-corrected chi connectivity index (χ0v) is 20.7. The third-order valence-electron chi connectivity index (χ3n) is 5.28. The van der Waals surface area contributed by atoms with Crippen molar-refractivity contribution in [1.29, 1.82) is 0 Å². The molecule has 1 fully saturated rings. The van der Waals surface area contributed by atoms with Gasteiger partial charge in [-0.3, -0.25) is 19.8 Å². The molecule has 0 atom stereocenters. The Morgan fingerprint density at radius 1 is 0.889 bits per heavy atom. The van der Waals surface area contributed by atoms with Crippen LogP contribution < -0.4 is 15.0 Å². The Bertz CT molecular complexity index is 1510. The van der Waals surface area contributed by atoms with Crippen LogP contribution in [0.2, 0.25) is 10.0 Å². The summed E-state index contributed by atoms with van der Waals surface area (Å²) in [5.74, 6) is 0.800. The first-order chi connectivity index (χ1) is 17.4. The number of hydrogen-bond acceptors (Lipinski definition) is 5. The second-order valence-electron chi connectivity index (χ2n) is 7.69. The van der Waals surface area contributed by atoms with E-state index in [4.69, 9.17) is 44.6 Å². The highest BCUT2D eigenvalue weighted by molar-refractivity contribution is 7.80. The minimum Gasteiger partial charge on any atom is -0.457 e. The Morgan fingerprint density at radius 2 is 1.61 bits per heavy atom. The maximum absolute atomic E-state index is 13.3. The number of ether oxygens (including phenoxy) is 1. The summed E-state index contributed by atoms with van der Waals surface area (Å²) in [6, 6.07) is 24.4. The topological polar surface area (TPSA) is 71.8 Å². The molecule has 0 unspecified atom stereocenters. The van der Waals surface area contributed by atoms with E-state index in [9.17, 15) is 9.59 Å². The molecular formula is C27H16Cl2N2O4S. The summed E-state index contributed by atoms with van der Waals surface area (Å²) >= 11 is 17.6. The molecule has 0 saturated carbocycles. The van der Waals surface area contributed by atoms with Crippen molar-refractivity contribution in [2.75, 3.05) is 4.90 Å². The number of furan rings is 1. The maximum atomic E-state index is 13.3. The van der Waals surface area contributed by atoms with Crippen LogP contribution >= 0.6 is 35.4 Å². The smallest absolute Gasteiger partial charge is 0.270 e. The van der Waals surface area contributed by atoms with E-state index in [2.05, 4.69) is 5.32 Å². The van der Waals surface area contributed by atoms with Gasteiger partial charge in [-0.1, -0.05) is 41.4 Å². The minimum atomic E-state index is -0.621. The second kappa shape index (κ2) is 9.99. The molecule has 1 aliphatic heterocycles. The van der Waals surface area contributed by atoms with E-state index in [1.165, 1.54) is 11.0 Å². The third-order valence-corrected chi connectivity index (χ3v) is 6.13. The molecule has 36 heavy (non-hydrogen) atoms. The first-order valence-electron chi connectivity index (χ1n) is 10.7. The number of rotatable bonds is 5. The van der Waals surface area contributed by atoms with Gasteiger partial charge in [-0.05, 0) is 85.0 Å². The van der Waals surface area contributed by atoms with Crippen molar-refractivity contribution < 1.29 is 18.7 Å². The summed E-state index contributed by atoms with van der Waals surface area (Å²) in [7, 11) is 0. The van der Waals surface area contributed by atoms with Crippen LogP contribution in [0.5, 0.6) is 11.5 Å². The molecule has 178 valence electrons. The van der Waals surface area contributed by atoms with Gasteiger partial charge in [0.25, 0.3) is 11.8 Å². The fourth-order valence-electron chi connectivity index (χ4n) is 3.58. The van der Waals surface area contributed by atoms with Crippen LogP contribution in [0.15, 0.2) is 94.9 Å². The van der Waals surface area contributed by atoms with Crippen LogP contribution in [-0.4, -0.2) is 16.9 Å². The van der Waals surface area contributed by atoms with Gasteiger partial charge >= 0.3 is 0 Å². The first-order valence-corrected chi connectivity index (χ1v) is 11.8. The molecule has 0 spiro atoms. The Hall–Kier alpha value is -3.91. The van der Waals surface area contributed by atoms with Gasteiger partial charge in [0, 0.05) is 10.6 Å². The van der Waals surface area contributed by atoms with E-state index in [0.29, 0.717) is 44.3 Å². The summed E-state index contributed by atoms with van der Waals surface area (Å²) in [4.78, 5) is 27.2. The molecule has 1 aliphatic rings. The molecule has 0 aliphatic carbocycles. The number of benzene rings is 3. The van der Waals surface area contributed by atoms with Gasteiger partial charge in [-0.25, -0.2) is 0 Å². The van der Waals surface area contributed by atoms with Crippen molar-refractivity contribution >= 4 is 64.1 Å². The first kappa shape index (κ1) is 23.8. The van der Waals surface area contributed by atoms with Crippen molar-refractivity contribution in [1.82, 2.24) is 5.32 Å². The Morgan fingerprint density at radius 3 is 2.36 bits per heavy atom. The van der Waals surface area contributed by atoms with Gasteiger partial charge in [0.15, 0.2) is 5.11 Å². The summed E-state index contributed by atoms with van der Waals surface area (Å²) in [5.41, 5.74) is 0.933. The number of anilines is 1. The zero-order chi connectivity index (χ0) is 25.2. The average Bonchev–Trinajstić information content (AvgIpc) is 3.33. The molecule has 6 nitrogen and oxygen atoms in total. The van der Waals surface area contributed by atoms with Gasteiger partial charge in [0.05, 0.1) is 10.7 Å². The molecule has 0 radical (unpaired) electrons. The molecular weight excluding hydrogens is 519 g/mol. The van der Waals surface area contributed by atoms with E-state index >= 15 is 0 Å². The monoisotopic (exact) mass is 534 g/mol. The van der Waals surface area contributed by atoms with Crippen LogP contribution in [0.25, 0.3) is 17.4 Å². The Kier molecular flexibility index (Phi) is 6.61. The van der Waals surface area contributed by atoms with Gasteiger partial charge in [0.2, 0.25) is 0 Å². The number of para-hydroxylation sites is 1. The van der Waals surface area contributed by atoms with Gasteiger partial charge in [0.1, 0.15) is 28.6 Å². The number of hydrogen-bond donors (Lipinski definition) is 1.